The smallest absolute Gasteiger partial charge is 0.245 e. The molecule has 0 aliphatic carbocycles. The van der Waals surface area contributed by atoms with E-state index in [0.717, 1.165) is 22.4 Å². The lowest BCUT2D eigenvalue weighted by Gasteiger charge is -2.07. The van der Waals surface area contributed by atoms with Crippen LogP contribution in [0.5, 0.6) is 0 Å². The summed E-state index contributed by atoms with van der Waals surface area (Å²) in [6.07, 6.45) is 0. The number of nitrogens with two attached hydrogens (primary N) is 1. The lowest BCUT2D eigenvalue weighted by molar-refractivity contribution is -0.116. The topological polar surface area (TPSA) is 55.1 Å². The van der Waals surface area contributed by atoms with Crippen LogP contribution in [0.15, 0.2) is 42.5 Å². The molecule has 0 radical (unpaired) electrons. The van der Waals surface area contributed by atoms with Crippen LogP contribution < -0.4 is 11.1 Å². The van der Waals surface area contributed by atoms with Crippen LogP contribution in [0.25, 0.3) is 11.1 Å². The Morgan fingerprint density at radius 2 is 1.94 bits per heavy atom. The summed E-state index contributed by atoms with van der Waals surface area (Å²) in [5.41, 5.74) is 9.33. The predicted molar refractivity (Wildman–Crippen MR) is 72.4 cm³/mol. The molecule has 3 nitrogen and oxygen atoms in total. The van der Waals surface area contributed by atoms with Crippen molar-refractivity contribution in [3.63, 3.8) is 0 Å². The van der Waals surface area contributed by atoms with Gasteiger partial charge in [-0.15, -0.1) is 0 Å². The molecule has 1 heterocycles. The molecule has 1 aliphatic heterocycles. The maximum absolute atomic E-state index is 11.5. The molecule has 4 heteroatoms. The molecule has 18 heavy (non-hydrogen) atoms. The van der Waals surface area contributed by atoms with Crippen molar-refractivity contribution >= 4 is 23.2 Å². The molecule has 0 saturated heterocycles. The standard InChI is InChI=1S/C14H11ClN2O/c15-11-4-2-1-3-9(11)8-5-6-12-10(7-8)13(16)14(18)17-12/h1-7,13H,16H2,(H,17,18). The molecule has 90 valence electrons. The average Bonchev–Trinajstić information content (AvgIpc) is 2.66. The van der Waals surface area contributed by atoms with E-state index in [-0.39, 0.29) is 5.91 Å². The van der Waals surface area contributed by atoms with Crippen molar-refractivity contribution in [1.82, 2.24) is 0 Å². The van der Waals surface area contributed by atoms with E-state index in [0.29, 0.717) is 5.02 Å². The SMILES string of the molecule is NC1C(=O)Nc2ccc(-c3ccccc3Cl)cc21. The number of carbonyl (C=O) groups excluding carboxylic acids is 1. The molecule has 0 spiro atoms. The summed E-state index contributed by atoms with van der Waals surface area (Å²) >= 11 is 6.16. The fourth-order valence-corrected chi connectivity index (χ4v) is 2.39. The molecule has 1 atom stereocenters. The zero-order chi connectivity index (χ0) is 12.7. The summed E-state index contributed by atoms with van der Waals surface area (Å²) in [5, 5.41) is 3.43. The summed E-state index contributed by atoms with van der Waals surface area (Å²) in [5.74, 6) is -0.165. The van der Waals surface area contributed by atoms with E-state index in [9.17, 15) is 4.79 Å². The Bertz CT molecular complexity index is 639. The van der Waals surface area contributed by atoms with E-state index in [1.54, 1.807) is 0 Å². The van der Waals surface area contributed by atoms with Gasteiger partial charge in [-0.1, -0.05) is 35.9 Å². The van der Waals surface area contributed by atoms with Gasteiger partial charge in [0.1, 0.15) is 6.04 Å². The highest BCUT2D eigenvalue weighted by atomic mass is 35.5. The molecule has 3 N–H and O–H groups in total. The second-order valence-corrected chi connectivity index (χ2v) is 4.66. The van der Waals surface area contributed by atoms with Crippen molar-refractivity contribution in [3.8, 4) is 11.1 Å². The molecular formula is C14H11ClN2O. The van der Waals surface area contributed by atoms with Crippen LogP contribution in [-0.2, 0) is 4.79 Å². The highest BCUT2D eigenvalue weighted by Gasteiger charge is 2.27. The molecule has 0 fully saturated rings. The number of anilines is 1. The Labute approximate surface area is 110 Å². The first-order valence-corrected chi connectivity index (χ1v) is 6.00. The van der Waals surface area contributed by atoms with Crippen LogP contribution in [0.2, 0.25) is 5.02 Å². The second-order valence-electron chi connectivity index (χ2n) is 4.25. The highest BCUT2D eigenvalue weighted by molar-refractivity contribution is 6.33. The number of fused-ring (bicyclic) bond motifs is 1. The van der Waals surface area contributed by atoms with Gasteiger partial charge in [0.25, 0.3) is 0 Å². The number of carbonyl (C=O) groups is 1. The van der Waals surface area contributed by atoms with E-state index >= 15 is 0 Å². The molecule has 1 amide bonds. The third-order valence-electron chi connectivity index (χ3n) is 3.11. The summed E-state index contributed by atoms with van der Waals surface area (Å²) in [7, 11) is 0. The third kappa shape index (κ3) is 1.68. The van der Waals surface area contributed by atoms with Gasteiger partial charge in [0.2, 0.25) is 5.91 Å². The zero-order valence-corrected chi connectivity index (χ0v) is 10.2. The lowest BCUT2D eigenvalue weighted by atomic mass is 10.00. The van der Waals surface area contributed by atoms with E-state index in [1.165, 1.54) is 0 Å². The number of rotatable bonds is 1. The molecule has 2 aromatic rings. The Balaban J connectivity index is 2.12. The summed E-state index contributed by atoms with van der Waals surface area (Å²) in [4.78, 5) is 11.5. The molecule has 3 rings (SSSR count). The van der Waals surface area contributed by atoms with Crippen LogP contribution in [-0.4, -0.2) is 5.91 Å². The molecule has 1 unspecified atom stereocenters. The molecule has 2 aromatic carbocycles. The van der Waals surface area contributed by atoms with Crippen molar-refractivity contribution in [2.24, 2.45) is 5.73 Å². The zero-order valence-electron chi connectivity index (χ0n) is 9.48. The van der Waals surface area contributed by atoms with Crippen molar-refractivity contribution in [1.29, 1.82) is 0 Å². The van der Waals surface area contributed by atoms with E-state index in [2.05, 4.69) is 5.32 Å². The first-order valence-electron chi connectivity index (χ1n) is 5.62. The fraction of sp³-hybridized carbons (Fsp3) is 0.0714. The van der Waals surface area contributed by atoms with Gasteiger partial charge in [-0.25, -0.2) is 0 Å². The quantitative estimate of drug-likeness (QED) is 0.826. The number of hydrogen-bond acceptors (Lipinski definition) is 2. The number of nitrogens with one attached hydrogen (secondary N) is 1. The van der Waals surface area contributed by atoms with Crippen molar-refractivity contribution in [2.75, 3.05) is 5.32 Å². The van der Waals surface area contributed by atoms with Gasteiger partial charge >= 0.3 is 0 Å². The average molecular weight is 259 g/mol. The summed E-state index contributed by atoms with van der Waals surface area (Å²) < 4.78 is 0. The number of benzene rings is 2. The van der Waals surface area contributed by atoms with Crippen molar-refractivity contribution in [2.45, 2.75) is 6.04 Å². The largest absolute Gasteiger partial charge is 0.324 e. The first kappa shape index (κ1) is 11.3. The van der Waals surface area contributed by atoms with Crippen molar-refractivity contribution < 1.29 is 4.79 Å². The van der Waals surface area contributed by atoms with Gasteiger partial charge in [0.15, 0.2) is 0 Å². The number of amides is 1. The van der Waals surface area contributed by atoms with Gasteiger partial charge < -0.3 is 11.1 Å². The van der Waals surface area contributed by atoms with Gasteiger partial charge in [0.05, 0.1) is 0 Å². The maximum atomic E-state index is 11.5. The van der Waals surface area contributed by atoms with Gasteiger partial charge in [0, 0.05) is 21.8 Å². The maximum Gasteiger partial charge on any atom is 0.245 e. The summed E-state index contributed by atoms with van der Waals surface area (Å²) in [6.45, 7) is 0. The Hall–Kier alpha value is -1.84. The minimum absolute atomic E-state index is 0.165. The molecule has 0 bridgehead atoms. The van der Waals surface area contributed by atoms with Gasteiger partial charge in [-0.3, -0.25) is 4.79 Å². The Kier molecular flexibility index (Phi) is 2.58. The number of hydrogen-bond donors (Lipinski definition) is 2. The molecule has 0 aromatic heterocycles. The minimum atomic E-state index is -0.595. The second kappa shape index (κ2) is 4.12. The van der Waals surface area contributed by atoms with Crippen LogP contribution in [0.3, 0.4) is 0 Å². The van der Waals surface area contributed by atoms with Crippen LogP contribution >= 0.6 is 11.6 Å². The van der Waals surface area contributed by atoms with E-state index in [4.69, 9.17) is 17.3 Å². The van der Waals surface area contributed by atoms with Crippen LogP contribution in [0, 0.1) is 0 Å². The van der Waals surface area contributed by atoms with Crippen molar-refractivity contribution in [3.05, 3.63) is 53.1 Å². The van der Waals surface area contributed by atoms with Gasteiger partial charge in [-0.2, -0.15) is 0 Å². The fourth-order valence-electron chi connectivity index (χ4n) is 2.15. The van der Waals surface area contributed by atoms with Gasteiger partial charge in [-0.05, 0) is 23.8 Å². The van der Waals surface area contributed by atoms with E-state index in [1.807, 2.05) is 42.5 Å². The monoisotopic (exact) mass is 258 g/mol. The van der Waals surface area contributed by atoms with Crippen LogP contribution in [0.1, 0.15) is 11.6 Å². The molecular weight excluding hydrogens is 248 g/mol. The van der Waals surface area contributed by atoms with E-state index < -0.39 is 6.04 Å². The highest BCUT2D eigenvalue weighted by Crippen LogP contribution is 2.35. The Morgan fingerprint density at radius 3 is 2.72 bits per heavy atom. The normalized spacial score (nSPS) is 17.4. The predicted octanol–water partition coefficient (Wildman–Crippen LogP) is 2.96. The van der Waals surface area contributed by atoms with Crippen LogP contribution in [0.4, 0.5) is 5.69 Å². The minimum Gasteiger partial charge on any atom is -0.324 e. The first-order chi connectivity index (χ1) is 8.66. The molecule has 0 saturated carbocycles. The number of halogens is 1. The third-order valence-corrected chi connectivity index (χ3v) is 3.44. The Morgan fingerprint density at radius 1 is 1.17 bits per heavy atom. The molecule has 1 aliphatic rings. The lowest BCUT2D eigenvalue weighted by Crippen LogP contribution is -2.19. The summed E-state index contributed by atoms with van der Waals surface area (Å²) in [6, 6.07) is 12.7.